The molecule has 0 heterocycles. The van der Waals surface area contributed by atoms with Crippen molar-refractivity contribution in [3.05, 3.63) is 18.2 Å². The lowest BCUT2D eigenvalue weighted by molar-refractivity contribution is -0.121. The number of nitrogens with one attached hydrogen (secondary N) is 1. The van der Waals surface area contributed by atoms with Crippen LogP contribution < -0.4 is 15.8 Å². The highest BCUT2D eigenvalue weighted by Crippen LogP contribution is 2.31. The van der Waals surface area contributed by atoms with Crippen LogP contribution in [0.4, 0.5) is 11.4 Å². The maximum Gasteiger partial charge on any atom is 0.227 e. The Kier molecular flexibility index (Phi) is 4.30. The SMILES string of the molecule is COc1cc(N)ccc1NC(=O)C1CCC(C)CC1. The van der Waals surface area contributed by atoms with Crippen molar-refractivity contribution in [2.24, 2.45) is 11.8 Å². The van der Waals surface area contributed by atoms with Gasteiger partial charge in [-0.3, -0.25) is 4.79 Å². The second-order valence-corrected chi connectivity index (χ2v) is 5.41. The standard InChI is InChI=1S/C15H22N2O2/c1-10-3-5-11(6-4-10)15(18)17-13-8-7-12(16)9-14(13)19-2/h7-11H,3-6,16H2,1-2H3,(H,17,18). The van der Waals surface area contributed by atoms with Crippen LogP contribution in [0.25, 0.3) is 0 Å². The molecule has 1 saturated carbocycles. The van der Waals surface area contributed by atoms with E-state index in [4.69, 9.17) is 10.5 Å². The fourth-order valence-electron chi connectivity index (χ4n) is 2.57. The van der Waals surface area contributed by atoms with E-state index in [1.165, 1.54) is 0 Å². The van der Waals surface area contributed by atoms with Crippen LogP contribution in [-0.2, 0) is 4.79 Å². The largest absolute Gasteiger partial charge is 0.494 e. The molecule has 0 saturated heterocycles. The van der Waals surface area contributed by atoms with Gasteiger partial charge in [-0.15, -0.1) is 0 Å². The van der Waals surface area contributed by atoms with Crippen molar-refractivity contribution in [2.45, 2.75) is 32.6 Å². The first-order valence-electron chi connectivity index (χ1n) is 6.84. The Bertz CT molecular complexity index is 451. The molecule has 0 bridgehead atoms. The molecule has 0 radical (unpaired) electrons. The molecule has 1 fully saturated rings. The molecule has 19 heavy (non-hydrogen) atoms. The summed E-state index contributed by atoms with van der Waals surface area (Å²) < 4.78 is 5.24. The van der Waals surface area contributed by atoms with Crippen LogP contribution in [0, 0.1) is 11.8 Å². The Labute approximate surface area is 114 Å². The zero-order chi connectivity index (χ0) is 13.8. The summed E-state index contributed by atoms with van der Waals surface area (Å²) in [6, 6.07) is 5.27. The Morgan fingerprint density at radius 3 is 2.63 bits per heavy atom. The number of nitrogens with two attached hydrogens (primary N) is 1. The first-order chi connectivity index (χ1) is 9.10. The van der Waals surface area contributed by atoms with Gasteiger partial charge in [-0.25, -0.2) is 0 Å². The van der Waals surface area contributed by atoms with Gasteiger partial charge in [0, 0.05) is 17.7 Å². The predicted molar refractivity (Wildman–Crippen MR) is 77.2 cm³/mol. The maximum absolute atomic E-state index is 12.2. The van der Waals surface area contributed by atoms with Crippen molar-refractivity contribution in [2.75, 3.05) is 18.2 Å². The van der Waals surface area contributed by atoms with E-state index >= 15 is 0 Å². The Balaban J connectivity index is 2.02. The molecule has 1 aromatic carbocycles. The van der Waals surface area contributed by atoms with Crippen molar-refractivity contribution in [3.8, 4) is 5.75 Å². The highest BCUT2D eigenvalue weighted by molar-refractivity contribution is 5.94. The third-order valence-corrected chi connectivity index (χ3v) is 3.87. The smallest absolute Gasteiger partial charge is 0.227 e. The lowest BCUT2D eigenvalue weighted by Gasteiger charge is -2.25. The monoisotopic (exact) mass is 262 g/mol. The third-order valence-electron chi connectivity index (χ3n) is 3.87. The van der Waals surface area contributed by atoms with E-state index in [1.54, 1.807) is 25.3 Å². The Hall–Kier alpha value is -1.71. The minimum Gasteiger partial charge on any atom is -0.494 e. The van der Waals surface area contributed by atoms with E-state index in [2.05, 4.69) is 12.2 Å². The molecule has 0 unspecified atom stereocenters. The number of methoxy groups -OCH3 is 1. The molecule has 2 rings (SSSR count). The molecule has 0 aliphatic heterocycles. The van der Waals surface area contributed by atoms with Crippen molar-refractivity contribution >= 4 is 17.3 Å². The lowest BCUT2D eigenvalue weighted by Crippen LogP contribution is -2.26. The van der Waals surface area contributed by atoms with E-state index in [0.717, 1.165) is 31.6 Å². The topological polar surface area (TPSA) is 64.3 Å². The van der Waals surface area contributed by atoms with Crippen molar-refractivity contribution in [1.82, 2.24) is 0 Å². The molecule has 0 spiro atoms. The Morgan fingerprint density at radius 1 is 1.32 bits per heavy atom. The van der Waals surface area contributed by atoms with Gasteiger partial charge in [0.2, 0.25) is 5.91 Å². The van der Waals surface area contributed by atoms with Crippen LogP contribution in [-0.4, -0.2) is 13.0 Å². The predicted octanol–water partition coefficient (Wildman–Crippen LogP) is 3.04. The average molecular weight is 262 g/mol. The zero-order valence-electron chi connectivity index (χ0n) is 11.6. The van der Waals surface area contributed by atoms with Crippen LogP contribution in [0.5, 0.6) is 5.75 Å². The fraction of sp³-hybridized carbons (Fsp3) is 0.533. The first-order valence-corrected chi connectivity index (χ1v) is 6.84. The maximum atomic E-state index is 12.2. The van der Waals surface area contributed by atoms with Gasteiger partial charge in [-0.1, -0.05) is 6.92 Å². The second kappa shape index (κ2) is 5.95. The normalized spacial score (nSPS) is 22.8. The average Bonchev–Trinajstić information content (AvgIpc) is 2.41. The summed E-state index contributed by atoms with van der Waals surface area (Å²) in [6.45, 7) is 2.25. The number of amides is 1. The molecule has 4 heteroatoms. The van der Waals surface area contributed by atoms with Crippen LogP contribution in [0.3, 0.4) is 0 Å². The number of carbonyl (C=O) groups excluding carboxylic acids is 1. The van der Waals surface area contributed by atoms with E-state index in [1.807, 2.05) is 0 Å². The lowest BCUT2D eigenvalue weighted by atomic mass is 9.82. The minimum absolute atomic E-state index is 0.0926. The van der Waals surface area contributed by atoms with Gasteiger partial charge in [-0.2, -0.15) is 0 Å². The summed E-state index contributed by atoms with van der Waals surface area (Å²) in [5.41, 5.74) is 7.02. The van der Waals surface area contributed by atoms with Crippen LogP contribution in [0.15, 0.2) is 18.2 Å². The molecule has 1 amide bonds. The van der Waals surface area contributed by atoms with Gasteiger partial charge in [0.1, 0.15) is 5.75 Å². The van der Waals surface area contributed by atoms with E-state index in [-0.39, 0.29) is 11.8 Å². The van der Waals surface area contributed by atoms with Gasteiger partial charge < -0.3 is 15.8 Å². The number of hydrogen-bond donors (Lipinski definition) is 2. The number of rotatable bonds is 3. The summed E-state index contributed by atoms with van der Waals surface area (Å²) in [5, 5.41) is 2.95. The highest BCUT2D eigenvalue weighted by Gasteiger charge is 2.24. The number of ether oxygens (including phenoxy) is 1. The van der Waals surface area contributed by atoms with Gasteiger partial charge in [0.25, 0.3) is 0 Å². The minimum atomic E-state index is 0.0926. The summed E-state index contributed by atoms with van der Waals surface area (Å²) in [7, 11) is 1.58. The quantitative estimate of drug-likeness (QED) is 0.823. The summed E-state index contributed by atoms with van der Waals surface area (Å²) in [6.07, 6.45) is 4.22. The summed E-state index contributed by atoms with van der Waals surface area (Å²) in [5.74, 6) is 1.57. The molecule has 3 N–H and O–H groups in total. The van der Waals surface area contributed by atoms with Gasteiger partial charge in [0.15, 0.2) is 0 Å². The van der Waals surface area contributed by atoms with Crippen molar-refractivity contribution in [1.29, 1.82) is 0 Å². The number of nitrogen functional groups attached to an aromatic ring is 1. The number of benzene rings is 1. The first kappa shape index (κ1) is 13.7. The van der Waals surface area contributed by atoms with Crippen molar-refractivity contribution in [3.63, 3.8) is 0 Å². The highest BCUT2D eigenvalue weighted by atomic mass is 16.5. The molecule has 1 aliphatic carbocycles. The molecule has 0 atom stereocenters. The van der Waals surface area contributed by atoms with Gasteiger partial charge in [-0.05, 0) is 43.7 Å². The van der Waals surface area contributed by atoms with Crippen LogP contribution >= 0.6 is 0 Å². The van der Waals surface area contributed by atoms with E-state index < -0.39 is 0 Å². The summed E-state index contributed by atoms with van der Waals surface area (Å²) in [4.78, 5) is 12.2. The Morgan fingerprint density at radius 2 is 2.00 bits per heavy atom. The molecule has 1 aromatic rings. The second-order valence-electron chi connectivity index (χ2n) is 5.41. The summed E-state index contributed by atoms with van der Waals surface area (Å²) >= 11 is 0. The molecule has 104 valence electrons. The van der Waals surface area contributed by atoms with Crippen molar-refractivity contribution < 1.29 is 9.53 Å². The van der Waals surface area contributed by atoms with Gasteiger partial charge in [0.05, 0.1) is 12.8 Å². The molecular formula is C15H22N2O2. The molecular weight excluding hydrogens is 240 g/mol. The molecule has 1 aliphatic rings. The van der Waals surface area contributed by atoms with E-state index in [0.29, 0.717) is 17.1 Å². The van der Waals surface area contributed by atoms with E-state index in [9.17, 15) is 4.79 Å². The number of hydrogen-bond acceptors (Lipinski definition) is 3. The third kappa shape index (κ3) is 3.40. The number of carbonyl (C=O) groups is 1. The molecule has 0 aromatic heterocycles. The molecule has 4 nitrogen and oxygen atoms in total. The van der Waals surface area contributed by atoms with Crippen LogP contribution in [0.2, 0.25) is 0 Å². The van der Waals surface area contributed by atoms with Gasteiger partial charge >= 0.3 is 0 Å². The zero-order valence-corrected chi connectivity index (χ0v) is 11.6. The fourth-order valence-corrected chi connectivity index (χ4v) is 2.57. The van der Waals surface area contributed by atoms with Crippen LogP contribution in [0.1, 0.15) is 32.6 Å². The number of anilines is 2.